The van der Waals surface area contributed by atoms with Crippen molar-refractivity contribution in [1.29, 1.82) is 0 Å². The van der Waals surface area contributed by atoms with Gasteiger partial charge in [-0.3, -0.25) is 0 Å². The molecule has 0 aliphatic heterocycles. The molecule has 4 nitrogen and oxygen atoms in total. The van der Waals surface area contributed by atoms with Gasteiger partial charge in [-0.05, 0) is 31.5 Å². The van der Waals surface area contributed by atoms with Gasteiger partial charge in [0.1, 0.15) is 22.5 Å². The van der Waals surface area contributed by atoms with Crippen molar-refractivity contribution in [2.45, 2.75) is 13.8 Å². The summed E-state index contributed by atoms with van der Waals surface area (Å²) in [6.07, 6.45) is 0. The molecule has 0 amide bonds. The first-order valence-electron chi connectivity index (χ1n) is 8.19. The maximum absolute atomic E-state index is 14.5. The third kappa shape index (κ3) is 2.67. The van der Waals surface area contributed by atoms with Crippen LogP contribution in [0.25, 0.3) is 22.1 Å². The lowest BCUT2D eigenvalue weighted by Gasteiger charge is -2.09. The summed E-state index contributed by atoms with van der Waals surface area (Å²) < 4.78 is 25.6. The summed E-state index contributed by atoms with van der Waals surface area (Å²) in [5, 5.41) is 3.41. The summed E-state index contributed by atoms with van der Waals surface area (Å²) in [7, 11) is 0. The van der Waals surface area contributed by atoms with E-state index < -0.39 is 11.4 Å². The van der Waals surface area contributed by atoms with Gasteiger partial charge in [0.25, 0.3) is 0 Å². The van der Waals surface area contributed by atoms with Crippen molar-refractivity contribution >= 4 is 22.5 Å². The normalized spacial score (nSPS) is 11.0. The average molecular weight is 349 g/mol. The maximum atomic E-state index is 14.5. The summed E-state index contributed by atoms with van der Waals surface area (Å²) in [6.45, 7) is 3.62. The minimum absolute atomic E-state index is 0.219. The zero-order valence-electron chi connectivity index (χ0n) is 14.3. The Labute approximate surface area is 148 Å². The first-order valence-corrected chi connectivity index (χ1v) is 8.19. The molecule has 26 heavy (non-hydrogen) atoms. The Kier molecular flexibility index (Phi) is 3.84. The molecule has 4 rings (SSSR count). The average Bonchev–Trinajstić information content (AvgIpc) is 2.95. The number of para-hydroxylation sites is 1. The molecule has 0 atom stereocenters. The molecule has 2 aromatic heterocycles. The van der Waals surface area contributed by atoms with E-state index >= 15 is 0 Å². The molecule has 0 radical (unpaired) electrons. The Hall–Kier alpha value is -3.34. The first-order chi connectivity index (χ1) is 12.5. The van der Waals surface area contributed by atoms with E-state index in [-0.39, 0.29) is 10.9 Å². The summed E-state index contributed by atoms with van der Waals surface area (Å²) >= 11 is 0. The molecule has 0 spiro atoms. The van der Waals surface area contributed by atoms with Crippen LogP contribution in [0.5, 0.6) is 0 Å². The van der Waals surface area contributed by atoms with Gasteiger partial charge in [-0.1, -0.05) is 36.4 Å². The van der Waals surface area contributed by atoms with Crippen molar-refractivity contribution in [3.63, 3.8) is 0 Å². The largest absolute Gasteiger partial charge is 0.439 e. The zero-order valence-corrected chi connectivity index (χ0v) is 14.3. The van der Waals surface area contributed by atoms with E-state index in [1.54, 1.807) is 31.2 Å². The number of hydrogen-bond acceptors (Lipinski definition) is 4. The van der Waals surface area contributed by atoms with E-state index in [0.29, 0.717) is 22.8 Å². The highest BCUT2D eigenvalue weighted by Gasteiger charge is 2.23. The smallest absolute Gasteiger partial charge is 0.347 e. The van der Waals surface area contributed by atoms with E-state index in [1.165, 1.54) is 6.07 Å². The molecule has 0 saturated heterocycles. The molecule has 2 aromatic carbocycles. The number of anilines is 2. The summed E-state index contributed by atoms with van der Waals surface area (Å²) in [6, 6.07) is 15.6. The van der Waals surface area contributed by atoms with Crippen LogP contribution in [0.3, 0.4) is 0 Å². The fourth-order valence-electron chi connectivity index (χ4n) is 3.01. The van der Waals surface area contributed by atoms with Crippen LogP contribution in [0.15, 0.2) is 68.2 Å². The van der Waals surface area contributed by atoms with Crippen molar-refractivity contribution < 1.29 is 13.2 Å². The van der Waals surface area contributed by atoms with Gasteiger partial charge < -0.3 is 14.2 Å². The van der Waals surface area contributed by atoms with Crippen LogP contribution in [0, 0.1) is 19.7 Å². The molecule has 2 heterocycles. The number of halogens is 1. The summed E-state index contributed by atoms with van der Waals surface area (Å²) in [5.74, 6) is 0.291. The number of fused-ring (bicyclic) bond motifs is 1. The molecule has 0 aliphatic carbocycles. The highest BCUT2D eigenvalue weighted by molar-refractivity contribution is 6.00. The summed E-state index contributed by atoms with van der Waals surface area (Å²) in [4.78, 5) is 12.5. The van der Waals surface area contributed by atoms with E-state index in [4.69, 9.17) is 8.83 Å². The third-order valence-corrected chi connectivity index (χ3v) is 4.26. The van der Waals surface area contributed by atoms with Gasteiger partial charge in [0, 0.05) is 17.3 Å². The minimum atomic E-state index is -0.556. The number of rotatable bonds is 3. The van der Waals surface area contributed by atoms with E-state index in [9.17, 15) is 9.18 Å². The molecule has 130 valence electrons. The van der Waals surface area contributed by atoms with Crippen LogP contribution < -0.4 is 10.9 Å². The maximum Gasteiger partial charge on any atom is 0.347 e. The van der Waals surface area contributed by atoms with Gasteiger partial charge >= 0.3 is 5.63 Å². The Morgan fingerprint density at radius 3 is 2.46 bits per heavy atom. The lowest BCUT2D eigenvalue weighted by atomic mass is 10.0. The van der Waals surface area contributed by atoms with Gasteiger partial charge in [-0.25, -0.2) is 9.18 Å². The number of hydrogen-bond donors (Lipinski definition) is 1. The third-order valence-electron chi connectivity index (χ3n) is 4.26. The predicted octanol–water partition coefficient (Wildman–Crippen LogP) is 5.55. The number of furan rings is 1. The Bertz CT molecular complexity index is 1170. The number of nitrogens with one attached hydrogen (secondary N) is 1. The quantitative estimate of drug-likeness (QED) is 0.527. The van der Waals surface area contributed by atoms with Gasteiger partial charge in [0.15, 0.2) is 0 Å². The molecule has 5 heteroatoms. The highest BCUT2D eigenvalue weighted by Crippen LogP contribution is 2.40. The lowest BCUT2D eigenvalue weighted by Crippen LogP contribution is -2.01. The number of benzene rings is 2. The van der Waals surface area contributed by atoms with Crippen molar-refractivity contribution in [2.24, 2.45) is 0 Å². The van der Waals surface area contributed by atoms with Crippen LogP contribution in [0.2, 0.25) is 0 Å². The van der Waals surface area contributed by atoms with Crippen LogP contribution in [-0.4, -0.2) is 0 Å². The number of aryl methyl sites for hydroxylation is 2. The minimum Gasteiger partial charge on any atom is -0.439 e. The van der Waals surface area contributed by atoms with Gasteiger partial charge in [0.05, 0.1) is 5.56 Å². The SMILES string of the molecule is Cc1cc2oc(Nc3ccccc3C)c(-c3ccccc3F)c2c(=O)o1. The molecule has 0 unspecified atom stereocenters. The second-order valence-corrected chi connectivity index (χ2v) is 6.11. The van der Waals surface area contributed by atoms with E-state index in [0.717, 1.165) is 11.3 Å². The molecule has 0 aliphatic rings. The zero-order chi connectivity index (χ0) is 18.3. The summed E-state index contributed by atoms with van der Waals surface area (Å²) in [5.41, 5.74) is 2.24. The Morgan fingerprint density at radius 2 is 1.69 bits per heavy atom. The molecule has 0 bridgehead atoms. The lowest BCUT2D eigenvalue weighted by molar-refractivity contribution is 0.485. The second kappa shape index (κ2) is 6.19. The van der Waals surface area contributed by atoms with Gasteiger partial charge in [-0.15, -0.1) is 0 Å². The Balaban J connectivity index is 2.02. The molecule has 0 fully saturated rings. The topological polar surface area (TPSA) is 55.4 Å². The van der Waals surface area contributed by atoms with Crippen molar-refractivity contribution in [2.75, 3.05) is 5.32 Å². The molecule has 1 N–H and O–H groups in total. The second-order valence-electron chi connectivity index (χ2n) is 6.11. The monoisotopic (exact) mass is 349 g/mol. The molecular formula is C21H16FNO3. The van der Waals surface area contributed by atoms with Crippen LogP contribution in [0.4, 0.5) is 16.0 Å². The van der Waals surface area contributed by atoms with Crippen LogP contribution in [0.1, 0.15) is 11.3 Å². The molecular weight excluding hydrogens is 333 g/mol. The fourth-order valence-corrected chi connectivity index (χ4v) is 3.01. The van der Waals surface area contributed by atoms with Crippen molar-refractivity contribution in [3.05, 3.63) is 82.2 Å². The van der Waals surface area contributed by atoms with E-state index in [2.05, 4.69) is 5.32 Å². The van der Waals surface area contributed by atoms with Gasteiger partial charge in [-0.2, -0.15) is 0 Å². The standard InChI is InChI=1S/C21H16FNO3/c1-12-7-3-6-10-16(12)23-20-18(14-8-4-5-9-15(14)22)19-17(26-20)11-13(2)25-21(19)24/h3-11,23H,1-2H3. The fraction of sp³-hybridized carbons (Fsp3) is 0.0952. The van der Waals surface area contributed by atoms with Crippen molar-refractivity contribution in [1.82, 2.24) is 0 Å². The van der Waals surface area contributed by atoms with Crippen molar-refractivity contribution in [3.8, 4) is 11.1 Å². The first kappa shape index (κ1) is 16.1. The highest BCUT2D eigenvalue weighted by atomic mass is 19.1. The molecule has 0 saturated carbocycles. The van der Waals surface area contributed by atoms with Gasteiger partial charge in [0.2, 0.25) is 5.88 Å². The van der Waals surface area contributed by atoms with Crippen LogP contribution >= 0.6 is 0 Å². The predicted molar refractivity (Wildman–Crippen MR) is 99.3 cm³/mol. The molecule has 4 aromatic rings. The van der Waals surface area contributed by atoms with Crippen LogP contribution in [-0.2, 0) is 0 Å². The Morgan fingerprint density at radius 1 is 0.962 bits per heavy atom. The van der Waals surface area contributed by atoms with E-state index in [1.807, 2.05) is 31.2 Å².